The first-order valence-electron chi connectivity index (χ1n) is 9.69. The Bertz CT molecular complexity index is 970. The number of amides is 1. The van der Waals surface area contributed by atoms with Crippen LogP contribution in [0.5, 0.6) is 0 Å². The molecular formula is C23H24N2O3S. The normalized spacial score (nSPS) is 11.8. The van der Waals surface area contributed by atoms with Crippen molar-refractivity contribution in [2.45, 2.75) is 33.1 Å². The lowest BCUT2D eigenvalue weighted by molar-refractivity contribution is -0.121. The maximum Gasteiger partial charge on any atom is 0.348 e. The van der Waals surface area contributed by atoms with E-state index in [1.807, 2.05) is 37.3 Å². The van der Waals surface area contributed by atoms with E-state index in [1.165, 1.54) is 16.2 Å². The van der Waals surface area contributed by atoms with Gasteiger partial charge in [0.05, 0.1) is 11.4 Å². The summed E-state index contributed by atoms with van der Waals surface area (Å²) < 4.78 is 0. The van der Waals surface area contributed by atoms with Crippen LogP contribution in [0.1, 0.15) is 42.8 Å². The molecule has 2 aromatic heterocycles. The number of benzene rings is 1. The summed E-state index contributed by atoms with van der Waals surface area (Å²) in [6.07, 6.45) is 5.93. The molecule has 5 nitrogen and oxygen atoms in total. The molecule has 3 rings (SSSR count). The number of anilines is 2. The number of pyridine rings is 1. The quantitative estimate of drug-likeness (QED) is 0.496. The second-order valence-electron chi connectivity index (χ2n) is 6.92. The predicted molar refractivity (Wildman–Crippen MR) is 117 cm³/mol. The Morgan fingerprint density at radius 3 is 2.45 bits per heavy atom. The number of carbonyl (C=O) groups excluding carboxylic acids is 1. The van der Waals surface area contributed by atoms with Gasteiger partial charge in [-0.1, -0.05) is 57.0 Å². The van der Waals surface area contributed by atoms with Gasteiger partial charge in [0.25, 0.3) is 0 Å². The highest BCUT2D eigenvalue weighted by Crippen LogP contribution is 2.40. The number of carbonyl (C=O) groups is 2. The Balaban J connectivity index is 2.11. The molecule has 29 heavy (non-hydrogen) atoms. The molecule has 0 radical (unpaired) electrons. The highest BCUT2D eigenvalue weighted by atomic mass is 32.1. The van der Waals surface area contributed by atoms with E-state index in [9.17, 15) is 14.7 Å². The van der Waals surface area contributed by atoms with Crippen LogP contribution in [0.25, 0.3) is 10.4 Å². The van der Waals surface area contributed by atoms with Crippen molar-refractivity contribution in [2.24, 2.45) is 5.92 Å². The molecule has 0 saturated heterocycles. The molecule has 1 N–H and O–H groups in total. The summed E-state index contributed by atoms with van der Waals surface area (Å²) in [5, 5.41) is 9.84. The Hall–Kier alpha value is -2.99. The van der Waals surface area contributed by atoms with Gasteiger partial charge >= 0.3 is 5.97 Å². The average Bonchev–Trinajstić information content (AvgIpc) is 3.19. The second-order valence-corrected chi connectivity index (χ2v) is 7.97. The Morgan fingerprint density at radius 1 is 1.14 bits per heavy atom. The zero-order valence-corrected chi connectivity index (χ0v) is 17.4. The highest BCUT2D eigenvalue weighted by molar-refractivity contribution is 7.18. The summed E-state index contributed by atoms with van der Waals surface area (Å²) in [6, 6.07) is 14.9. The first kappa shape index (κ1) is 20.7. The molecule has 0 aliphatic rings. The summed E-state index contributed by atoms with van der Waals surface area (Å²) >= 11 is 1.18. The molecule has 1 amide bonds. The van der Waals surface area contributed by atoms with Gasteiger partial charge < -0.3 is 5.11 Å². The number of hydrogen-bond acceptors (Lipinski definition) is 4. The largest absolute Gasteiger partial charge is 0.477 e. The molecule has 0 aliphatic heterocycles. The minimum Gasteiger partial charge on any atom is -0.477 e. The SMILES string of the molecule is CCCCC(C)C(=O)N(c1ccncc1)c1cc(-c2ccccc2)sc1C(=O)O. The van der Waals surface area contributed by atoms with Gasteiger partial charge in [-0.05, 0) is 30.2 Å². The summed E-state index contributed by atoms with van der Waals surface area (Å²) in [5.74, 6) is -1.37. The summed E-state index contributed by atoms with van der Waals surface area (Å²) in [4.78, 5) is 31.9. The van der Waals surface area contributed by atoms with Crippen LogP contribution in [-0.4, -0.2) is 22.0 Å². The number of rotatable bonds is 8. The van der Waals surface area contributed by atoms with Crippen molar-refractivity contribution in [1.29, 1.82) is 0 Å². The van der Waals surface area contributed by atoms with E-state index in [2.05, 4.69) is 11.9 Å². The molecule has 6 heteroatoms. The number of carboxylic acid groups (broad SMARTS) is 1. The minimum atomic E-state index is -1.04. The fourth-order valence-corrected chi connectivity index (χ4v) is 4.16. The van der Waals surface area contributed by atoms with Gasteiger partial charge in [-0.2, -0.15) is 0 Å². The van der Waals surface area contributed by atoms with Crippen LogP contribution in [0.2, 0.25) is 0 Å². The number of unbranched alkanes of at least 4 members (excludes halogenated alkanes) is 1. The number of hydrogen-bond donors (Lipinski definition) is 1. The zero-order chi connectivity index (χ0) is 20.8. The molecule has 1 unspecified atom stereocenters. The lowest BCUT2D eigenvalue weighted by atomic mass is 10.0. The maximum absolute atomic E-state index is 13.4. The minimum absolute atomic E-state index is 0.107. The van der Waals surface area contributed by atoms with Gasteiger partial charge in [0.2, 0.25) is 5.91 Å². The third-order valence-electron chi connectivity index (χ3n) is 4.76. The Morgan fingerprint density at radius 2 is 1.83 bits per heavy atom. The van der Waals surface area contributed by atoms with E-state index in [0.717, 1.165) is 29.7 Å². The van der Waals surface area contributed by atoms with Gasteiger partial charge in [0.1, 0.15) is 4.88 Å². The number of carboxylic acids is 1. The first-order valence-corrected chi connectivity index (χ1v) is 10.5. The predicted octanol–water partition coefficient (Wildman–Crippen LogP) is 6.00. The van der Waals surface area contributed by atoms with Crippen molar-refractivity contribution < 1.29 is 14.7 Å². The zero-order valence-electron chi connectivity index (χ0n) is 16.5. The first-order chi connectivity index (χ1) is 14.0. The van der Waals surface area contributed by atoms with Crippen LogP contribution in [0, 0.1) is 5.92 Å². The summed E-state index contributed by atoms with van der Waals surface area (Å²) in [6.45, 7) is 3.99. The molecule has 150 valence electrons. The smallest absolute Gasteiger partial charge is 0.348 e. The second kappa shape index (κ2) is 9.47. The van der Waals surface area contributed by atoms with Crippen LogP contribution in [-0.2, 0) is 4.79 Å². The Labute approximate surface area is 174 Å². The lowest BCUT2D eigenvalue weighted by Gasteiger charge is -2.25. The van der Waals surface area contributed by atoms with E-state index in [4.69, 9.17) is 0 Å². The molecule has 0 aliphatic carbocycles. The van der Waals surface area contributed by atoms with Gasteiger partial charge in [-0.3, -0.25) is 14.7 Å². The highest BCUT2D eigenvalue weighted by Gasteiger charge is 2.29. The van der Waals surface area contributed by atoms with Crippen LogP contribution >= 0.6 is 11.3 Å². The maximum atomic E-state index is 13.4. The van der Waals surface area contributed by atoms with E-state index >= 15 is 0 Å². The van der Waals surface area contributed by atoms with Crippen molar-refractivity contribution in [3.8, 4) is 10.4 Å². The fourth-order valence-electron chi connectivity index (χ4n) is 3.18. The van der Waals surface area contributed by atoms with E-state index < -0.39 is 5.97 Å². The van der Waals surface area contributed by atoms with Crippen LogP contribution in [0.3, 0.4) is 0 Å². The third-order valence-corrected chi connectivity index (χ3v) is 5.92. The van der Waals surface area contributed by atoms with Gasteiger partial charge in [-0.15, -0.1) is 11.3 Å². The van der Waals surface area contributed by atoms with Crippen molar-refractivity contribution in [3.63, 3.8) is 0 Å². The van der Waals surface area contributed by atoms with E-state index in [0.29, 0.717) is 11.4 Å². The number of aromatic nitrogens is 1. The molecule has 3 aromatic rings. The monoisotopic (exact) mass is 408 g/mol. The third kappa shape index (κ3) is 4.71. The van der Waals surface area contributed by atoms with E-state index in [-0.39, 0.29) is 16.7 Å². The molecule has 0 bridgehead atoms. The summed E-state index contributed by atoms with van der Waals surface area (Å²) in [7, 11) is 0. The van der Waals surface area contributed by atoms with Crippen molar-refractivity contribution in [3.05, 3.63) is 65.8 Å². The topological polar surface area (TPSA) is 70.5 Å². The van der Waals surface area contributed by atoms with Crippen molar-refractivity contribution >= 4 is 34.6 Å². The number of nitrogens with zero attached hydrogens (tertiary/aromatic N) is 2. The molecule has 1 aromatic carbocycles. The van der Waals surface area contributed by atoms with Gasteiger partial charge in [0.15, 0.2) is 0 Å². The lowest BCUT2D eigenvalue weighted by Crippen LogP contribution is -2.32. The van der Waals surface area contributed by atoms with Crippen molar-refractivity contribution in [1.82, 2.24) is 4.98 Å². The molecule has 0 saturated carbocycles. The standard InChI is InChI=1S/C23H24N2O3S/c1-3-4-8-16(2)22(26)25(18-11-13-24-14-12-18)19-15-20(29-21(19)23(27)28)17-9-6-5-7-10-17/h5-7,9-16H,3-4,8H2,1-2H3,(H,27,28). The molecule has 2 heterocycles. The molecule has 0 spiro atoms. The molecule has 0 fully saturated rings. The van der Waals surface area contributed by atoms with E-state index in [1.54, 1.807) is 30.6 Å². The molecular weight excluding hydrogens is 384 g/mol. The number of aromatic carboxylic acids is 1. The Kier molecular flexibility index (Phi) is 6.77. The van der Waals surface area contributed by atoms with Gasteiger partial charge in [-0.25, -0.2) is 4.79 Å². The van der Waals surface area contributed by atoms with Crippen LogP contribution in [0.4, 0.5) is 11.4 Å². The van der Waals surface area contributed by atoms with Crippen LogP contribution < -0.4 is 4.90 Å². The van der Waals surface area contributed by atoms with Gasteiger partial charge in [0, 0.05) is 23.2 Å². The fraction of sp³-hybridized carbons (Fsp3) is 0.261. The summed E-state index contributed by atoms with van der Waals surface area (Å²) in [5.41, 5.74) is 1.95. The van der Waals surface area contributed by atoms with Crippen LogP contribution in [0.15, 0.2) is 60.9 Å². The number of thiophene rings is 1. The van der Waals surface area contributed by atoms with Crippen molar-refractivity contribution in [2.75, 3.05) is 4.90 Å². The average molecular weight is 409 g/mol. The molecule has 1 atom stereocenters.